The molecule has 1 amide bonds. The molecule has 2 aromatic rings. The van der Waals surface area contributed by atoms with Gasteiger partial charge in [-0.1, -0.05) is 12.1 Å². The lowest BCUT2D eigenvalue weighted by molar-refractivity contribution is -0.385. The van der Waals surface area contributed by atoms with Crippen LogP contribution in [0.5, 0.6) is 0 Å². The number of rotatable bonds is 6. The van der Waals surface area contributed by atoms with Gasteiger partial charge in [0.1, 0.15) is 5.82 Å². The van der Waals surface area contributed by atoms with E-state index in [0.717, 1.165) is 0 Å². The predicted octanol–water partition coefficient (Wildman–Crippen LogP) is 3.41. The molecule has 7 nitrogen and oxygen atoms in total. The normalized spacial score (nSPS) is 15.4. The number of anilines is 1. The Bertz CT molecular complexity index is 793. The summed E-state index contributed by atoms with van der Waals surface area (Å²) in [6, 6.07) is 8.28. The molecule has 0 radical (unpaired) electrons. The highest BCUT2D eigenvalue weighted by atomic mass is 16.6. The van der Waals surface area contributed by atoms with E-state index < -0.39 is 4.92 Å². The number of nitrogens with one attached hydrogen (secondary N) is 1. The molecule has 1 atom stereocenters. The van der Waals surface area contributed by atoms with Gasteiger partial charge in [-0.05, 0) is 37.8 Å². The van der Waals surface area contributed by atoms with Gasteiger partial charge in [0.15, 0.2) is 0 Å². The summed E-state index contributed by atoms with van der Waals surface area (Å²) in [5.41, 5.74) is 0.353. The van der Waals surface area contributed by atoms with Crippen molar-refractivity contribution in [1.29, 1.82) is 0 Å². The highest BCUT2D eigenvalue weighted by Crippen LogP contribution is 2.40. The molecule has 1 aliphatic carbocycles. The van der Waals surface area contributed by atoms with E-state index in [-0.39, 0.29) is 17.6 Å². The maximum absolute atomic E-state index is 12.1. The molecular formula is C17H18N4O3. The topological polar surface area (TPSA) is 90.1 Å². The Balaban J connectivity index is 1.70. The molecule has 1 fully saturated rings. The third-order valence-electron chi connectivity index (χ3n) is 4.16. The number of amides is 1. The second kappa shape index (κ2) is 6.66. The van der Waals surface area contributed by atoms with Crippen LogP contribution >= 0.6 is 0 Å². The lowest BCUT2D eigenvalue weighted by atomic mass is 10.1. The van der Waals surface area contributed by atoms with E-state index in [1.165, 1.54) is 31.1 Å². The highest BCUT2D eigenvalue weighted by Gasteiger charge is 2.30. The number of aromatic nitrogens is 2. The van der Waals surface area contributed by atoms with Crippen LogP contribution in [-0.4, -0.2) is 20.6 Å². The maximum atomic E-state index is 12.1. The molecular weight excluding hydrogens is 308 g/mol. The number of para-hydroxylation sites is 1. The van der Waals surface area contributed by atoms with Gasteiger partial charge in [-0.15, -0.1) is 0 Å². The zero-order valence-corrected chi connectivity index (χ0v) is 13.3. The molecule has 3 rings (SSSR count). The van der Waals surface area contributed by atoms with Crippen molar-refractivity contribution >= 4 is 23.5 Å². The molecule has 1 aliphatic rings. The smallest absolute Gasteiger partial charge is 0.276 e. The molecule has 0 bridgehead atoms. The Hall–Kier alpha value is -2.96. The Kier molecular flexibility index (Phi) is 4.41. The molecule has 1 aromatic heterocycles. The summed E-state index contributed by atoms with van der Waals surface area (Å²) in [7, 11) is 0. The van der Waals surface area contributed by atoms with Crippen molar-refractivity contribution in [2.45, 2.75) is 25.8 Å². The average Bonchev–Trinajstić information content (AvgIpc) is 3.32. The Morgan fingerprint density at radius 3 is 2.88 bits per heavy atom. The summed E-state index contributed by atoms with van der Waals surface area (Å²) in [4.78, 5) is 22.6. The molecule has 24 heavy (non-hydrogen) atoms. The minimum Gasteiger partial charge on any atom is -0.307 e. The van der Waals surface area contributed by atoms with Crippen LogP contribution in [0.4, 0.5) is 11.5 Å². The van der Waals surface area contributed by atoms with Crippen molar-refractivity contribution in [3.05, 3.63) is 58.3 Å². The van der Waals surface area contributed by atoms with Gasteiger partial charge in [-0.25, -0.2) is 4.68 Å². The van der Waals surface area contributed by atoms with Crippen LogP contribution in [0.3, 0.4) is 0 Å². The van der Waals surface area contributed by atoms with Crippen LogP contribution in [0.15, 0.2) is 42.6 Å². The molecule has 7 heteroatoms. The van der Waals surface area contributed by atoms with Gasteiger partial charge in [-0.3, -0.25) is 14.9 Å². The summed E-state index contributed by atoms with van der Waals surface area (Å²) >= 11 is 0. The van der Waals surface area contributed by atoms with E-state index in [1.807, 2.05) is 4.68 Å². The van der Waals surface area contributed by atoms with Gasteiger partial charge >= 0.3 is 0 Å². The highest BCUT2D eigenvalue weighted by molar-refractivity contribution is 6.01. The van der Waals surface area contributed by atoms with Gasteiger partial charge in [0.05, 0.1) is 22.7 Å². The number of nitrogens with zero attached hydrogens (tertiary/aromatic N) is 3. The van der Waals surface area contributed by atoms with Crippen molar-refractivity contribution in [2.75, 3.05) is 5.32 Å². The van der Waals surface area contributed by atoms with E-state index in [0.29, 0.717) is 17.3 Å². The molecule has 0 saturated heterocycles. The molecule has 1 N–H and O–H groups in total. The zero-order chi connectivity index (χ0) is 17.1. The molecule has 0 spiro atoms. The lowest BCUT2D eigenvalue weighted by Gasteiger charge is -2.14. The number of nitro benzene ring substituents is 1. The molecule has 1 heterocycles. The second-order valence-electron chi connectivity index (χ2n) is 5.88. The van der Waals surface area contributed by atoms with Gasteiger partial charge in [0, 0.05) is 18.2 Å². The van der Waals surface area contributed by atoms with Gasteiger partial charge in [0.2, 0.25) is 5.91 Å². The SMILES string of the molecule is CC(C1CC1)n1nccc1NC(=O)/C=C/c1ccccc1[N+](=O)[O-]. The molecule has 1 aromatic carbocycles. The van der Waals surface area contributed by atoms with Crippen molar-refractivity contribution < 1.29 is 9.72 Å². The first-order valence-electron chi connectivity index (χ1n) is 7.82. The molecule has 1 saturated carbocycles. The van der Waals surface area contributed by atoms with Crippen LogP contribution in [-0.2, 0) is 4.79 Å². The lowest BCUT2D eigenvalue weighted by Crippen LogP contribution is -2.16. The monoisotopic (exact) mass is 326 g/mol. The van der Waals surface area contributed by atoms with Gasteiger partial charge < -0.3 is 5.32 Å². The summed E-state index contributed by atoms with van der Waals surface area (Å²) in [5, 5.41) is 18.0. The van der Waals surface area contributed by atoms with Crippen LogP contribution < -0.4 is 5.32 Å². The summed E-state index contributed by atoms with van der Waals surface area (Å²) in [6.07, 6.45) is 6.76. The number of benzene rings is 1. The number of hydrogen-bond donors (Lipinski definition) is 1. The van der Waals surface area contributed by atoms with E-state index in [9.17, 15) is 14.9 Å². The molecule has 0 aliphatic heterocycles. The van der Waals surface area contributed by atoms with Crippen molar-refractivity contribution in [3.63, 3.8) is 0 Å². The maximum Gasteiger partial charge on any atom is 0.276 e. The van der Waals surface area contributed by atoms with Gasteiger partial charge in [0.25, 0.3) is 5.69 Å². The fourth-order valence-corrected chi connectivity index (χ4v) is 2.64. The number of nitro groups is 1. The van der Waals surface area contributed by atoms with Crippen LogP contribution in [0.1, 0.15) is 31.4 Å². The molecule has 1 unspecified atom stereocenters. The first kappa shape index (κ1) is 15.9. The Labute approximate surface area is 139 Å². The fraction of sp³-hybridized carbons (Fsp3) is 0.294. The standard InChI is InChI=1S/C17H18N4O3/c1-12(13-6-7-13)20-16(10-11-18-20)19-17(22)9-8-14-4-2-3-5-15(14)21(23)24/h2-5,8-13H,6-7H2,1H3,(H,19,22)/b9-8+. The third-order valence-corrected chi connectivity index (χ3v) is 4.16. The number of hydrogen-bond acceptors (Lipinski definition) is 4. The quantitative estimate of drug-likeness (QED) is 0.500. The summed E-state index contributed by atoms with van der Waals surface area (Å²) < 4.78 is 1.81. The Morgan fingerprint density at radius 2 is 2.17 bits per heavy atom. The van der Waals surface area contributed by atoms with Crippen LogP contribution in [0.25, 0.3) is 6.08 Å². The summed E-state index contributed by atoms with van der Waals surface area (Å²) in [6.45, 7) is 2.09. The number of carbonyl (C=O) groups is 1. The Morgan fingerprint density at radius 1 is 1.42 bits per heavy atom. The largest absolute Gasteiger partial charge is 0.307 e. The van der Waals surface area contributed by atoms with Crippen LogP contribution in [0, 0.1) is 16.0 Å². The minimum atomic E-state index is -0.468. The third kappa shape index (κ3) is 3.51. The average molecular weight is 326 g/mol. The van der Waals surface area contributed by atoms with Crippen LogP contribution in [0.2, 0.25) is 0 Å². The minimum absolute atomic E-state index is 0.0334. The first-order valence-corrected chi connectivity index (χ1v) is 7.82. The number of carbonyl (C=O) groups excluding carboxylic acids is 1. The van der Waals surface area contributed by atoms with E-state index in [4.69, 9.17) is 0 Å². The fourth-order valence-electron chi connectivity index (χ4n) is 2.64. The van der Waals surface area contributed by atoms with E-state index >= 15 is 0 Å². The zero-order valence-electron chi connectivity index (χ0n) is 13.3. The summed E-state index contributed by atoms with van der Waals surface area (Å²) in [5.74, 6) is 0.896. The second-order valence-corrected chi connectivity index (χ2v) is 5.88. The van der Waals surface area contributed by atoms with Crippen molar-refractivity contribution in [3.8, 4) is 0 Å². The van der Waals surface area contributed by atoms with Crippen molar-refractivity contribution in [1.82, 2.24) is 9.78 Å². The van der Waals surface area contributed by atoms with Crippen molar-refractivity contribution in [2.24, 2.45) is 5.92 Å². The predicted molar refractivity (Wildman–Crippen MR) is 90.4 cm³/mol. The first-order chi connectivity index (χ1) is 11.6. The molecule has 124 valence electrons. The van der Waals surface area contributed by atoms with E-state index in [1.54, 1.807) is 30.5 Å². The van der Waals surface area contributed by atoms with Gasteiger partial charge in [-0.2, -0.15) is 5.10 Å². The van der Waals surface area contributed by atoms with E-state index in [2.05, 4.69) is 17.3 Å².